The minimum atomic E-state index is -0.725. The van der Waals surface area contributed by atoms with Crippen molar-refractivity contribution in [2.24, 2.45) is 11.7 Å². The number of aromatic hydroxyl groups is 1. The zero-order chi connectivity index (χ0) is 13.9. The van der Waals surface area contributed by atoms with Crippen LogP contribution in [0.5, 0.6) is 17.2 Å². The molecule has 0 unspecified atom stereocenters. The molecule has 0 saturated carbocycles. The molecule has 0 radical (unpaired) electrons. The quantitative estimate of drug-likeness (QED) is 0.771. The number of hydrogen-bond donors (Lipinski definition) is 3. The van der Waals surface area contributed by atoms with E-state index in [2.05, 4.69) is 0 Å². The van der Waals surface area contributed by atoms with Crippen LogP contribution in [0.3, 0.4) is 0 Å². The van der Waals surface area contributed by atoms with Crippen LogP contribution in [0.2, 0.25) is 0 Å². The Morgan fingerprint density at radius 1 is 1.11 bits per heavy atom. The maximum absolute atomic E-state index is 10.1. The van der Waals surface area contributed by atoms with E-state index in [9.17, 15) is 10.2 Å². The Morgan fingerprint density at radius 2 is 1.53 bits per heavy atom. The zero-order valence-corrected chi connectivity index (χ0v) is 12.4. The highest BCUT2D eigenvalue weighted by atomic mass is 35.5. The van der Waals surface area contributed by atoms with Crippen LogP contribution >= 0.6 is 12.4 Å². The van der Waals surface area contributed by atoms with Gasteiger partial charge >= 0.3 is 0 Å². The number of aliphatic hydroxyl groups excluding tert-OH is 1. The van der Waals surface area contributed by atoms with Gasteiger partial charge in [-0.2, -0.15) is 0 Å². The maximum Gasteiger partial charge on any atom is 0.131 e. The van der Waals surface area contributed by atoms with E-state index in [1.807, 2.05) is 13.8 Å². The number of rotatable bonds is 5. The summed E-state index contributed by atoms with van der Waals surface area (Å²) in [5.41, 5.74) is 6.61. The molecule has 2 atom stereocenters. The monoisotopic (exact) mass is 291 g/mol. The molecule has 0 saturated heterocycles. The highest BCUT2D eigenvalue weighted by Gasteiger charge is 2.27. The first kappa shape index (κ1) is 17.8. The van der Waals surface area contributed by atoms with Crippen molar-refractivity contribution in [3.63, 3.8) is 0 Å². The molecule has 0 heterocycles. The number of methoxy groups -OCH3 is 2. The summed E-state index contributed by atoms with van der Waals surface area (Å²) in [5, 5.41) is 19.6. The first-order valence-corrected chi connectivity index (χ1v) is 5.80. The highest BCUT2D eigenvalue weighted by Crippen LogP contribution is 2.39. The van der Waals surface area contributed by atoms with Crippen LogP contribution in [0, 0.1) is 5.92 Å². The summed E-state index contributed by atoms with van der Waals surface area (Å²) in [6.07, 6.45) is -0.725. The summed E-state index contributed by atoms with van der Waals surface area (Å²) >= 11 is 0. The van der Waals surface area contributed by atoms with E-state index in [0.717, 1.165) is 0 Å². The number of nitrogens with two attached hydrogens (primary N) is 1. The third-order valence-corrected chi connectivity index (χ3v) is 2.91. The van der Waals surface area contributed by atoms with Gasteiger partial charge in [0.15, 0.2) is 0 Å². The minimum Gasteiger partial charge on any atom is -0.508 e. The van der Waals surface area contributed by atoms with Crippen molar-refractivity contribution in [3.05, 3.63) is 17.7 Å². The average Bonchev–Trinajstić information content (AvgIpc) is 2.35. The van der Waals surface area contributed by atoms with Crippen molar-refractivity contribution < 1.29 is 19.7 Å². The second-order valence-electron chi connectivity index (χ2n) is 4.52. The summed E-state index contributed by atoms with van der Waals surface area (Å²) in [7, 11) is 2.96. The lowest BCUT2D eigenvalue weighted by molar-refractivity contribution is 0.0958. The molecule has 5 nitrogen and oxygen atoms in total. The third-order valence-electron chi connectivity index (χ3n) is 2.91. The topological polar surface area (TPSA) is 84.9 Å². The van der Waals surface area contributed by atoms with Crippen LogP contribution < -0.4 is 15.2 Å². The van der Waals surface area contributed by atoms with Crippen molar-refractivity contribution in [2.45, 2.75) is 26.0 Å². The van der Waals surface area contributed by atoms with Crippen LogP contribution in [0.4, 0.5) is 0 Å². The number of hydrogen-bond acceptors (Lipinski definition) is 5. The zero-order valence-electron chi connectivity index (χ0n) is 11.6. The Bertz CT molecular complexity index is 387. The lowest BCUT2D eigenvalue weighted by Crippen LogP contribution is -2.31. The molecular formula is C13H22ClNO4. The first-order valence-electron chi connectivity index (χ1n) is 5.80. The lowest BCUT2D eigenvalue weighted by Gasteiger charge is -2.25. The fourth-order valence-electron chi connectivity index (χ4n) is 1.84. The standard InChI is InChI=1S/C13H21NO4.ClH/c1-7(2)13(16)12(14)11-9(17-3)5-8(15)6-10(11)18-4;/h5-7,12-13,15-16H,14H2,1-4H3;1H/t12-,13+;/m1./s1. The molecule has 0 aliphatic heterocycles. The number of ether oxygens (including phenoxy) is 2. The van der Waals surface area contributed by atoms with E-state index in [1.54, 1.807) is 0 Å². The Hall–Kier alpha value is -1.17. The molecule has 1 aromatic rings. The Morgan fingerprint density at radius 3 is 1.84 bits per heavy atom. The molecule has 0 spiro atoms. The van der Waals surface area contributed by atoms with Gasteiger partial charge in [-0.25, -0.2) is 0 Å². The van der Waals surface area contributed by atoms with Crippen molar-refractivity contribution in [1.29, 1.82) is 0 Å². The maximum atomic E-state index is 10.1. The summed E-state index contributed by atoms with van der Waals surface area (Å²) in [5.74, 6) is 0.833. The van der Waals surface area contributed by atoms with Gasteiger partial charge in [-0.3, -0.25) is 0 Å². The SMILES string of the molecule is COc1cc(O)cc(OC)c1[C@@H](N)[C@@H](O)C(C)C.Cl. The highest BCUT2D eigenvalue weighted by molar-refractivity contribution is 5.85. The summed E-state index contributed by atoms with van der Waals surface area (Å²) < 4.78 is 10.4. The van der Waals surface area contributed by atoms with Crippen LogP contribution in [0.1, 0.15) is 25.5 Å². The summed E-state index contributed by atoms with van der Waals surface area (Å²) in [6, 6.07) is 2.26. The second kappa shape index (κ2) is 7.43. The van der Waals surface area contributed by atoms with Crippen molar-refractivity contribution in [3.8, 4) is 17.2 Å². The molecule has 4 N–H and O–H groups in total. The second-order valence-corrected chi connectivity index (χ2v) is 4.52. The number of phenols is 1. The first-order chi connectivity index (χ1) is 8.42. The van der Waals surface area contributed by atoms with Crippen LogP contribution in [-0.2, 0) is 0 Å². The van der Waals surface area contributed by atoms with E-state index >= 15 is 0 Å². The predicted octanol–water partition coefficient (Wildman–Crippen LogP) is 1.85. The van der Waals surface area contributed by atoms with Gasteiger partial charge in [0.1, 0.15) is 17.2 Å². The van der Waals surface area contributed by atoms with E-state index in [-0.39, 0.29) is 24.1 Å². The van der Waals surface area contributed by atoms with Gasteiger partial charge in [0, 0.05) is 12.1 Å². The molecule has 0 amide bonds. The molecule has 6 heteroatoms. The number of benzene rings is 1. The van der Waals surface area contributed by atoms with Gasteiger partial charge in [-0.05, 0) is 5.92 Å². The van der Waals surface area contributed by atoms with Crippen LogP contribution in [-0.4, -0.2) is 30.5 Å². The van der Waals surface area contributed by atoms with Gasteiger partial charge < -0.3 is 25.4 Å². The van der Waals surface area contributed by atoms with Crippen molar-refractivity contribution in [2.75, 3.05) is 14.2 Å². The normalized spacial score (nSPS) is 13.6. The molecule has 0 fully saturated rings. The molecular weight excluding hydrogens is 270 g/mol. The lowest BCUT2D eigenvalue weighted by atomic mass is 9.93. The Kier molecular flexibility index (Phi) is 6.97. The molecule has 0 aliphatic carbocycles. The van der Waals surface area contributed by atoms with E-state index in [4.69, 9.17) is 15.2 Å². The number of halogens is 1. The molecule has 0 aromatic heterocycles. The van der Waals surface area contributed by atoms with Gasteiger partial charge in [-0.15, -0.1) is 12.4 Å². The van der Waals surface area contributed by atoms with Gasteiger partial charge in [0.2, 0.25) is 0 Å². The van der Waals surface area contributed by atoms with Gasteiger partial charge in [0.25, 0.3) is 0 Å². The van der Waals surface area contributed by atoms with Gasteiger partial charge in [-0.1, -0.05) is 13.8 Å². The largest absolute Gasteiger partial charge is 0.508 e. The van der Waals surface area contributed by atoms with E-state index < -0.39 is 12.1 Å². The number of phenolic OH excluding ortho intramolecular Hbond substituents is 1. The average molecular weight is 292 g/mol. The van der Waals surface area contributed by atoms with Crippen LogP contribution in [0.25, 0.3) is 0 Å². The number of aliphatic hydroxyl groups is 1. The van der Waals surface area contributed by atoms with Gasteiger partial charge in [0.05, 0.1) is 31.9 Å². The third kappa shape index (κ3) is 3.89. The molecule has 0 aliphatic rings. The van der Waals surface area contributed by atoms with E-state index in [1.165, 1.54) is 26.4 Å². The molecule has 110 valence electrons. The molecule has 1 aromatic carbocycles. The summed E-state index contributed by atoms with van der Waals surface area (Å²) in [4.78, 5) is 0. The molecule has 0 bridgehead atoms. The minimum absolute atomic E-state index is 0. The Balaban J connectivity index is 0.00000324. The smallest absolute Gasteiger partial charge is 0.131 e. The predicted molar refractivity (Wildman–Crippen MR) is 76.2 cm³/mol. The fraction of sp³-hybridized carbons (Fsp3) is 0.538. The fourth-order valence-corrected chi connectivity index (χ4v) is 1.84. The Labute approximate surface area is 119 Å². The summed E-state index contributed by atoms with van der Waals surface area (Å²) in [6.45, 7) is 3.76. The molecule has 1 rings (SSSR count). The van der Waals surface area contributed by atoms with E-state index in [0.29, 0.717) is 17.1 Å². The van der Waals surface area contributed by atoms with Crippen molar-refractivity contribution >= 4 is 12.4 Å². The molecule has 19 heavy (non-hydrogen) atoms. The van der Waals surface area contributed by atoms with Crippen LogP contribution in [0.15, 0.2) is 12.1 Å². The van der Waals surface area contributed by atoms with Crippen molar-refractivity contribution in [1.82, 2.24) is 0 Å².